The molecule has 19 heavy (non-hydrogen) atoms. The van der Waals surface area contributed by atoms with Gasteiger partial charge < -0.3 is 9.64 Å². The van der Waals surface area contributed by atoms with Gasteiger partial charge in [-0.1, -0.05) is 26.0 Å². The second kappa shape index (κ2) is 7.16. The molecule has 0 saturated carbocycles. The number of hydrogen-bond acceptors (Lipinski definition) is 3. The summed E-state index contributed by atoms with van der Waals surface area (Å²) in [6.07, 6.45) is 0.855. The van der Waals surface area contributed by atoms with Crippen molar-refractivity contribution < 1.29 is 4.74 Å². The van der Waals surface area contributed by atoms with Gasteiger partial charge in [0.15, 0.2) is 0 Å². The third-order valence-electron chi connectivity index (χ3n) is 3.30. The van der Waals surface area contributed by atoms with Crippen LogP contribution in [-0.2, 0) is 0 Å². The molecule has 1 unspecified atom stereocenters. The second-order valence-corrected chi connectivity index (χ2v) is 5.43. The molecule has 104 valence electrons. The maximum atomic E-state index is 9.35. The Morgan fingerprint density at radius 2 is 2.00 bits per heavy atom. The lowest BCUT2D eigenvalue weighted by Crippen LogP contribution is -2.15. The van der Waals surface area contributed by atoms with Gasteiger partial charge in [0, 0.05) is 0 Å². The van der Waals surface area contributed by atoms with Crippen LogP contribution in [0.15, 0.2) is 18.2 Å². The Balaban J connectivity index is 2.99. The van der Waals surface area contributed by atoms with E-state index in [0.29, 0.717) is 5.92 Å². The average Bonchev–Trinajstić information content (AvgIpc) is 2.38. The summed E-state index contributed by atoms with van der Waals surface area (Å²) in [5, 5.41) is 9.35. The number of ether oxygens (including phenoxy) is 1. The molecule has 0 amide bonds. The Morgan fingerprint density at radius 1 is 1.32 bits per heavy atom. The van der Waals surface area contributed by atoms with E-state index in [9.17, 15) is 5.26 Å². The van der Waals surface area contributed by atoms with Gasteiger partial charge in [-0.3, -0.25) is 0 Å². The number of rotatable bonds is 6. The highest BCUT2D eigenvalue weighted by molar-refractivity contribution is 5.41. The van der Waals surface area contributed by atoms with Crippen LogP contribution in [0.5, 0.6) is 5.75 Å². The maximum absolute atomic E-state index is 9.35. The summed E-state index contributed by atoms with van der Waals surface area (Å²) in [7, 11) is 5.75. The minimum absolute atomic E-state index is 0.0502. The van der Waals surface area contributed by atoms with Gasteiger partial charge in [-0.2, -0.15) is 5.26 Å². The summed E-state index contributed by atoms with van der Waals surface area (Å²) in [6, 6.07) is 8.51. The van der Waals surface area contributed by atoms with Crippen molar-refractivity contribution in [2.24, 2.45) is 0 Å². The van der Waals surface area contributed by atoms with Gasteiger partial charge in [0.2, 0.25) is 0 Å². The standard InChI is InChI=1S/C16H24N2O/c1-12(2)15-10-13(6-7-16(15)19-5)14(11-17)8-9-18(3)4/h6-7,10,12,14H,8-9H2,1-5H3. The Kier molecular flexibility index (Phi) is 5.85. The quantitative estimate of drug-likeness (QED) is 0.786. The molecule has 0 aliphatic rings. The molecule has 0 fully saturated rings. The van der Waals surface area contributed by atoms with Crippen LogP contribution >= 0.6 is 0 Å². The number of benzene rings is 1. The number of nitriles is 1. The molecule has 1 atom stereocenters. The van der Waals surface area contributed by atoms with E-state index in [1.807, 2.05) is 26.2 Å². The molecule has 3 nitrogen and oxygen atoms in total. The first-order valence-corrected chi connectivity index (χ1v) is 6.71. The van der Waals surface area contributed by atoms with Crippen LogP contribution in [0.2, 0.25) is 0 Å². The Labute approximate surface area is 116 Å². The van der Waals surface area contributed by atoms with E-state index in [1.54, 1.807) is 7.11 Å². The molecular formula is C16H24N2O. The average molecular weight is 260 g/mol. The third kappa shape index (κ3) is 4.25. The summed E-state index contributed by atoms with van der Waals surface area (Å²) in [5.74, 6) is 1.25. The van der Waals surface area contributed by atoms with E-state index >= 15 is 0 Å². The van der Waals surface area contributed by atoms with Gasteiger partial charge in [0.1, 0.15) is 5.75 Å². The lowest BCUT2D eigenvalue weighted by atomic mass is 9.92. The van der Waals surface area contributed by atoms with Crippen molar-refractivity contribution in [3.05, 3.63) is 29.3 Å². The largest absolute Gasteiger partial charge is 0.496 e. The van der Waals surface area contributed by atoms with E-state index in [2.05, 4.69) is 30.9 Å². The zero-order valence-corrected chi connectivity index (χ0v) is 12.6. The molecule has 0 radical (unpaired) electrons. The van der Waals surface area contributed by atoms with Gasteiger partial charge >= 0.3 is 0 Å². The van der Waals surface area contributed by atoms with Gasteiger partial charge in [0.25, 0.3) is 0 Å². The molecule has 0 aliphatic carbocycles. The smallest absolute Gasteiger partial charge is 0.122 e. The van der Waals surface area contributed by atoms with Crippen molar-refractivity contribution in [3.8, 4) is 11.8 Å². The van der Waals surface area contributed by atoms with E-state index in [-0.39, 0.29) is 5.92 Å². The van der Waals surface area contributed by atoms with E-state index in [1.165, 1.54) is 5.56 Å². The molecule has 0 bridgehead atoms. The molecule has 0 heterocycles. The summed E-state index contributed by atoms with van der Waals surface area (Å²) in [4.78, 5) is 2.11. The van der Waals surface area contributed by atoms with Crippen molar-refractivity contribution in [2.45, 2.75) is 32.1 Å². The van der Waals surface area contributed by atoms with Crippen LogP contribution in [0.4, 0.5) is 0 Å². The second-order valence-electron chi connectivity index (χ2n) is 5.43. The minimum atomic E-state index is -0.0502. The Morgan fingerprint density at radius 3 is 2.47 bits per heavy atom. The van der Waals surface area contributed by atoms with Gasteiger partial charge in [-0.25, -0.2) is 0 Å². The SMILES string of the molecule is COc1ccc(C(C#N)CCN(C)C)cc1C(C)C. The van der Waals surface area contributed by atoms with Crippen LogP contribution < -0.4 is 4.74 Å². The zero-order valence-electron chi connectivity index (χ0n) is 12.6. The van der Waals surface area contributed by atoms with Gasteiger partial charge in [-0.05, 0) is 50.2 Å². The first kappa shape index (κ1) is 15.5. The highest BCUT2D eigenvalue weighted by atomic mass is 16.5. The van der Waals surface area contributed by atoms with Gasteiger partial charge in [-0.15, -0.1) is 0 Å². The monoisotopic (exact) mass is 260 g/mol. The fourth-order valence-electron chi connectivity index (χ4n) is 2.11. The summed E-state index contributed by atoms with van der Waals surface area (Å²) in [6.45, 7) is 5.20. The van der Waals surface area contributed by atoms with Crippen molar-refractivity contribution in [1.82, 2.24) is 4.90 Å². The third-order valence-corrected chi connectivity index (χ3v) is 3.30. The first-order chi connectivity index (χ1) is 8.99. The number of methoxy groups -OCH3 is 1. The highest BCUT2D eigenvalue weighted by Crippen LogP contribution is 2.30. The number of nitrogens with zero attached hydrogens (tertiary/aromatic N) is 2. The molecular weight excluding hydrogens is 236 g/mol. The summed E-state index contributed by atoms with van der Waals surface area (Å²) < 4.78 is 5.38. The van der Waals surface area contributed by atoms with Crippen molar-refractivity contribution >= 4 is 0 Å². The predicted octanol–water partition coefficient (Wildman–Crippen LogP) is 3.38. The Hall–Kier alpha value is -1.53. The molecule has 0 saturated heterocycles. The highest BCUT2D eigenvalue weighted by Gasteiger charge is 2.15. The van der Waals surface area contributed by atoms with Crippen LogP contribution in [0.1, 0.15) is 43.2 Å². The van der Waals surface area contributed by atoms with E-state index in [4.69, 9.17) is 4.74 Å². The van der Waals surface area contributed by atoms with Crippen molar-refractivity contribution in [3.63, 3.8) is 0 Å². The zero-order chi connectivity index (χ0) is 14.4. The normalized spacial score (nSPS) is 12.5. The van der Waals surface area contributed by atoms with Crippen LogP contribution in [0.3, 0.4) is 0 Å². The van der Waals surface area contributed by atoms with Crippen molar-refractivity contribution in [2.75, 3.05) is 27.7 Å². The molecule has 0 aromatic heterocycles. The lowest BCUT2D eigenvalue weighted by molar-refractivity contribution is 0.392. The fraction of sp³-hybridized carbons (Fsp3) is 0.562. The van der Waals surface area contributed by atoms with E-state index < -0.39 is 0 Å². The molecule has 0 aliphatic heterocycles. The fourth-order valence-corrected chi connectivity index (χ4v) is 2.11. The molecule has 0 spiro atoms. The molecule has 3 heteroatoms. The Bertz CT molecular complexity index is 447. The molecule has 1 aromatic rings. The van der Waals surface area contributed by atoms with Crippen LogP contribution in [0, 0.1) is 11.3 Å². The first-order valence-electron chi connectivity index (χ1n) is 6.71. The number of hydrogen-bond donors (Lipinski definition) is 0. The molecule has 1 rings (SSSR count). The topological polar surface area (TPSA) is 36.3 Å². The minimum Gasteiger partial charge on any atom is -0.496 e. The predicted molar refractivity (Wildman–Crippen MR) is 78.6 cm³/mol. The maximum Gasteiger partial charge on any atom is 0.122 e. The van der Waals surface area contributed by atoms with Gasteiger partial charge in [0.05, 0.1) is 19.1 Å². The van der Waals surface area contributed by atoms with Crippen molar-refractivity contribution in [1.29, 1.82) is 5.26 Å². The lowest BCUT2D eigenvalue weighted by Gasteiger charge is -2.17. The summed E-state index contributed by atoms with van der Waals surface area (Å²) in [5.41, 5.74) is 2.26. The van der Waals surface area contributed by atoms with E-state index in [0.717, 1.165) is 24.3 Å². The van der Waals surface area contributed by atoms with Crippen LogP contribution in [0.25, 0.3) is 0 Å². The molecule has 1 aromatic carbocycles. The summed E-state index contributed by atoms with van der Waals surface area (Å²) >= 11 is 0. The van der Waals surface area contributed by atoms with Crippen LogP contribution in [-0.4, -0.2) is 32.6 Å². The molecule has 0 N–H and O–H groups in total.